The maximum Gasteiger partial charge on any atom is 0.237 e. The molecule has 98 valence electrons. The summed E-state index contributed by atoms with van der Waals surface area (Å²) in [5.74, 6) is 0.0121. The van der Waals surface area contributed by atoms with Gasteiger partial charge in [0, 0.05) is 0 Å². The van der Waals surface area contributed by atoms with Gasteiger partial charge in [-0.15, -0.1) is 6.58 Å². The molecule has 2 atom stereocenters. The average Bonchev–Trinajstić information content (AvgIpc) is 2.37. The maximum atomic E-state index is 11.9. The van der Waals surface area contributed by atoms with Gasteiger partial charge in [-0.3, -0.25) is 4.79 Å². The van der Waals surface area contributed by atoms with Crippen molar-refractivity contribution in [1.82, 2.24) is 5.32 Å². The molecule has 1 rings (SSSR count). The zero-order chi connectivity index (χ0) is 13.5. The van der Waals surface area contributed by atoms with Gasteiger partial charge in [0.1, 0.15) is 0 Å². The van der Waals surface area contributed by atoms with Crippen molar-refractivity contribution < 1.29 is 4.79 Å². The second-order valence-corrected chi connectivity index (χ2v) is 4.81. The Hall–Kier alpha value is -1.61. The fourth-order valence-electron chi connectivity index (χ4n) is 1.64. The van der Waals surface area contributed by atoms with E-state index < -0.39 is 6.04 Å². The molecule has 0 saturated carbocycles. The number of benzene rings is 1. The van der Waals surface area contributed by atoms with Crippen molar-refractivity contribution in [1.29, 1.82) is 0 Å². The van der Waals surface area contributed by atoms with E-state index in [0.29, 0.717) is 0 Å². The summed E-state index contributed by atoms with van der Waals surface area (Å²) in [6.45, 7) is 7.63. The highest BCUT2D eigenvalue weighted by Gasteiger charge is 2.19. The highest BCUT2D eigenvalue weighted by Crippen LogP contribution is 2.05. The van der Waals surface area contributed by atoms with Crippen LogP contribution in [-0.4, -0.2) is 18.0 Å². The van der Waals surface area contributed by atoms with Gasteiger partial charge in [-0.05, 0) is 17.9 Å². The van der Waals surface area contributed by atoms with Crippen LogP contribution in [0.4, 0.5) is 0 Å². The van der Waals surface area contributed by atoms with Crippen LogP contribution in [0.1, 0.15) is 19.4 Å². The molecular weight excluding hydrogens is 224 g/mol. The van der Waals surface area contributed by atoms with Crippen LogP contribution in [0.5, 0.6) is 0 Å². The number of carbonyl (C=O) groups is 1. The first-order valence-corrected chi connectivity index (χ1v) is 6.27. The summed E-state index contributed by atoms with van der Waals surface area (Å²) in [6, 6.07) is 9.46. The van der Waals surface area contributed by atoms with E-state index in [4.69, 9.17) is 5.73 Å². The van der Waals surface area contributed by atoms with Gasteiger partial charge in [0.05, 0.1) is 12.1 Å². The van der Waals surface area contributed by atoms with Crippen LogP contribution in [0.2, 0.25) is 0 Å². The monoisotopic (exact) mass is 246 g/mol. The fraction of sp³-hybridized carbons (Fsp3) is 0.400. The number of carbonyl (C=O) groups excluding carboxylic acids is 1. The van der Waals surface area contributed by atoms with Crippen LogP contribution in [0.3, 0.4) is 0 Å². The Bertz CT molecular complexity index is 387. The summed E-state index contributed by atoms with van der Waals surface area (Å²) in [7, 11) is 0. The molecule has 0 bridgehead atoms. The van der Waals surface area contributed by atoms with Gasteiger partial charge in [0.15, 0.2) is 0 Å². The van der Waals surface area contributed by atoms with Gasteiger partial charge < -0.3 is 11.1 Å². The number of amides is 1. The van der Waals surface area contributed by atoms with E-state index in [-0.39, 0.29) is 17.9 Å². The zero-order valence-electron chi connectivity index (χ0n) is 11.1. The van der Waals surface area contributed by atoms with E-state index in [9.17, 15) is 4.79 Å². The number of rotatable bonds is 6. The number of nitrogens with two attached hydrogens (primary N) is 1. The predicted octanol–water partition coefficient (Wildman–Crippen LogP) is 1.88. The Morgan fingerprint density at radius 3 is 2.50 bits per heavy atom. The molecule has 3 nitrogen and oxygen atoms in total. The molecule has 0 saturated heterocycles. The quantitative estimate of drug-likeness (QED) is 0.753. The lowest BCUT2D eigenvalue weighted by atomic mass is 10.0. The Kier molecular flexibility index (Phi) is 5.59. The van der Waals surface area contributed by atoms with Crippen LogP contribution in [0, 0.1) is 5.92 Å². The number of hydrogen-bond acceptors (Lipinski definition) is 2. The molecule has 0 aliphatic heterocycles. The van der Waals surface area contributed by atoms with Crippen LogP contribution in [0.15, 0.2) is 43.0 Å². The van der Waals surface area contributed by atoms with Gasteiger partial charge in [0.25, 0.3) is 0 Å². The zero-order valence-corrected chi connectivity index (χ0v) is 11.1. The maximum absolute atomic E-state index is 11.9. The first-order chi connectivity index (χ1) is 8.54. The van der Waals surface area contributed by atoms with Gasteiger partial charge in [-0.25, -0.2) is 0 Å². The van der Waals surface area contributed by atoms with Gasteiger partial charge >= 0.3 is 0 Å². The summed E-state index contributed by atoms with van der Waals surface area (Å²) < 4.78 is 0. The van der Waals surface area contributed by atoms with Crippen LogP contribution in [-0.2, 0) is 11.2 Å². The Morgan fingerprint density at radius 1 is 1.39 bits per heavy atom. The summed E-state index contributed by atoms with van der Waals surface area (Å²) in [5.41, 5.74) is 6.98. The third-order valence-electron chi connectivity index (χ3n) is 2.93. The van der Waals surface area contributed by atoms with Crippen LogP contribution < -0.4 is 11.1 Å². The van der Waals surface area contributed by atoms with E-state index in [1.165, 1.54) is 5.56 Å². The van der Waals surface area contributed by atoms with E-state index >= 15 is 0 Å². The van der Waals surface area contributed by atoms with E-state index in [1.54, 1.807) is 6.08 Å². The molecular formula is C15H22N2O. The van der Waals surface area contributed by atoms with Gasteiger partial charge in [-0.1, -0.05) is 50.3 Å². The molecule has 3 N–H and O–H groups in total. The molecule has 1 unspecified atom stereocenters. The minimum atomic E-state index is -0.469. The highest BCUT2D eigenvalue weighted by molar-refractivity contribution is 5.82. The molecule has 0 spiro atoms. The van der Waals surface area contributed by atoms with Crippen LogP contribution >= 0.6 is 0 Å². The third-order valence-corrected chi connectivity index (χ3v) is 2.93. The molecule has 0 aliphatic rings. The smallest absolute Gasteiger partial charge is 0.237 e. The van der Waals surface area contributed by atoms with Crippen LogP contribution in [0.25, 0.3) is 0 Å². The SMILES string of the molecule is C=CC(Cc1ccccc1)NC(=O)[C@@H](N)C(C)C. The summed E-state index contributed by atoms with van der Waals surface area (Å²) in [5, 5.41) is 2.91. The van der Waals surface area contributed by atoms with Crippen molar-refractivity contribution in [2.45, 2.75) is 32.4 Å². The molecule has 18 heavy (non-hydrogen) atoms. The Labute approximate surface area is 109 Å². The van der Waals surface area contributed by atoms with E-state index in [2.05, 4.69) is 11.9 Å². The topological polar surface area (TPSA) is 55.1 Å². The Morgan fingerprint density at radius 2 is 2.00 bits per heavy atom. The van der Waals surface area contributed by atoms with Crippen molar-refractivity contribution in [3.05, 3.63) is 48.6 Å². The summed E-state index contributed by atoms with van der Waals surface area (Å²) >= 11 is 0. The average molecular weight is 246 g/mol. The van der Waals surface area contributed by atoms with Crippen molar-refractivity contribution >= 4 is 5.91 Å². The third kappa shape index (κ3) is 4.34. The summed E-state index contributed by atoms with van der Waals surface area (Å²) in [6.07, 6.45) is 2.48. The first-order valence-electron chi connectivity index (χ1n) is 6.27. The second kappa shape index (κ2) is 6.97. The lowest BCUT2D eigenvalue weighted by Crippen LogP contribution is -2.47. The largest absolute Gasteiger partial charge is 0.348 e. The normalized spacial score (nSPS) is 14.0. The first kappa shape index (κ1) is 14.5. The molecule has 3 heteroatoms. The van der Waals surface area contributed by atoms with Gasteiger partial charge in [0.2, 0.25) is 5.91 Å². The predicted molar refractivity (Wildman–Crippen MR) is 75.1 cm³/mol. The highest BCUT2D eigenvalue weighted by atomic mass is 16.2. The summed E-state index contributed by atoms with van der Waals surface area (Å²) in [4.78, 5) is 11.9. The molecule has 0 fully saturated rings. The standard InChI is InChI=1S/C15H22N2O/c1-4-13(10-12-8-6-5-7-9-12)17-15(18)14(16)11(2)3/h4-9,11,13-14H,1,10,16H2,2-3H3,(H,17,18)/t13?,14-/m0/s1. The number of hydrogen-bond donors (Lipinski definition) is 2. The van der Waals surface area contributed by atoms with Crippen molar-refractivity contribution in [2.24, 2.45) is 11.7 Å². The molecule has 1 aromatic rings. The van der Waals surface area contributed by atoms with E-state index in [0.717, 1.165) is 6.42 Å². The second-order valence-electron chi connectivity index (χ2n) is 4.81. The number of nitrogens with one attached hydrogen (secondary N) is 1. The van der Waals surface area contributed by atoms with E-state index in [1.807, 2.05) is 44.2 Å². The molecule has 0 aromatic heterocycles. The van der Waals surface area contributed by atoms with Crippen molar-refractivity contribution in [2.75, 3.05) is 0 Å². The fourth-order valence-corrected chi connectivity index (χ4v) is 1.64. The molecule has 0 heterocycles. The molecule has 0 aliphatic carbocycles. The lowest BCUT2D eigenvalue weighted by molar-refractivity contribution is -0.123. The Balaban J connectivity index is 2.58. The minimum absolute atomic E-state index is 0.0790. The molecule has 0 radical (unpaired) electrons. The van der Waals surface area contributed by atoms with Crippen molar-refractivity contribution in [3.8, 4) is 0 Å². The minimum Gasteiger partial charge on any atom is -0.348 e. The van der Waals surface area contributed by atoms with Gasteiger partial charge in [-0.2, -0.15) is 0 Å². The molecule has 1 amide bonds. The lowest BCUT2D eigenvalue weighted by Gasteiger charge is -2.20. The molecule has 1 aromatic carbocycles. The van der Waals surface area contributed by atoms with Crippen molar-refractivity contribution in [3.63, 3.8) is 0 Å².